The molecule has 6 nitrogen and oxygen atoms in total. The van der Waals surface area contributed by atoms with Crippen molar-refractivity contribution in [1.29, 1.82) is 0 Å². The van der Waals surface area contributed by atoms with E-state index in [2.05, 4.69) is 14.7 Å². The van der Waals surface area contributed by atoms with Crippen LogP contribution in [0.3, 0.4) is 0 Å². The summed E-state index contributed by atoms with van der Waals surface area (Å²) >= 11 is 0.961. The average molecular weight is 298 g/mol. The Balaban J connectivity index is 2.19. The van der Waals surface area contributed by atoms with E-state index < -0.39 is 10.0 Å². The Morgan fingerprint density at radius 1 is 1.42 bits per heavy atom. The Morgan fingerprint density at radius 3 is 2.74 bits per heavy atom. The Hall–Kier alpha value is -1.51. The molecule has 3 N–H and O–H groups in total. The van der Waals surface area contributed by atoms with Crippen LogP contribution >= 0.6 is 11.3 Å². The first kappa shape index (κ1) is 13.9. The van der Waals surface area contributed by atoms with E-state index in [0.717, 1.165) is 22.5 Å². The molecular formula is C11H14N4O2S2. The van der Waals surface area contributed by atoms with Gasteiger partial charge in [-0.3, -0.25) is 4.98 Å². The molecule has 0 spiro atoms. The fourth-order valence-electron chi connectivity index (χ4n) is 1.57. The van der Waals surface area contributed by atoms with Crippen LogP contribution in [0.15, 0.2) is 22.7 Å². The second-order valence-corrected chi connectivity index (χ2v) is 7.04. The summed E-state index contributed by atoms with van der Waals surface area (Å²) in [7, 11) is -3.59. The number of nitrogens with two attached hydrogens (primary N) is 1. The molecule has 0 atom stereocenters. The third kappa shape index (κ3) is 3.09. The number of rotatable bonds is 4. The Morgan fingerprint density at radius 2 is 2.16 bits per heavy atom. The number of thiazole rings is 1. The molecule has 2 rings (SSSR count). The lowest BCUT2D eigenvalue weighted by Gasteiger charge is -2.07. The number of nitrogens with zero attached hydrogens (tertiary/aromatic N) is 2. The van der Waals surface area contributed by atoms with Gasteiger partial charge in [-0.2, -0.15) is 0 Å². The van der Waals surface area contributed by atoms with Crippen LogP contribution in [0.4, 0.5) is 5.13 Å². The molecule has 0 bridgehead atoms. The molecule has 2 aromatic heterocycles. The predicted octanol–water partition coefficient (Wildman–Crippen LogP) is 1.22. The van der Waals surface area contributed by atoms with E-state index in [-0.39, 0.29) is 15.9 Å². The first-order valence-corrected chi connectivity index (χ1v) is 7.82. The molecular weight excluding hydrogens is 284 g/mol. The smallest absolute Gasteiger partial charge is 0.252 e. The molecule has 0 fully saturated rings. The highest BCUT2D eigenvalue weighted by Gasteiger charge is 2.21. The Labute approximate surface area is 115 Å². The Kier molecular flexibility index (Phi) is 3.83. The number of hydrogen-bond donors (Lipinski definition) is 2. The van der Waals surface area contributed by atoms with Crippen LogP contribution in [0.25, 0.3) is 0 Å². The van der Waals surface area contributed by atoms with E-state index in [1.807, 2.05) is 13.0 Å². The van der Waals surface area contributed by atoms with Gasteiger partial charge in [-0.1, -0.05) is 11.3 Å². The second kappa shape index (κ2) is 5.24. The molecule has 2 heterocycles. The molecule has 8 heteroatoms. The minimum absolute atomic E-state index is 0.159. The predicted molar refractivity (Wildman–Crippen MR) is 74.3 cm³/mol. The van der Waals surface area contributed by atoms with Gasteiger partial charge >= 0.3 is 0 Å². The van der Waals surface area contributed by atoms with Crippen LogP contribution in [0.5, 0.6) is 0 Å². The van der Waals surface area contributed by atoms with Crippen molar-refractivity contribution in [2.24, 2.45) is 0 Å². The van der Waals surface area contributed by atoms with Gasteiger partial charge in [0.25, 0.3) is 10.0 Å². The highest BCUT2D eigenvalue weighted by atomic mass is 32.2. The topological polar surface area (TPSA) is 98.0 Å². The maximum Gasteiger partial charge on any atom is 0.252 e. The number of sulfonamides is 1. The van der Waals surface area contributed by atoms with Gasteiger partial charge in [0.1, 0.15) is 0 Å². The number of nitrogens with one attached hydrogen (secondary N) is 1. The zero-order valence-corrected chi connectivity index (χ0v) is 12.2. The third-order valence-electron chi connectivity index (χ3n) is 2.61. The lowest BCUT2D eigenvalue weighted by molar-refractivity contribution is 0.582. The maximum atomic E-state index is 12.1. The van der Waals surface area contributed by atoms with Gasteiger partial charge in [0.15, 0.2) is 9.34 Å². The van der Waals surface area contributed by atoms with Gasteiger partial charge in [0.2, 0.25) is 0 Å². The van der Waals surface area contributed by atoms with Crippen molar-refractivity contribution in [3.63, 3.8) is 0 Å². The molecule has 0 amide bonds. The molecule has 19 heavy (non-hydrogen) atoms. The monoisotopic (exact) mass is 298 g/mol. The van der Waals surface area contributed by atoms with Crippen molar-refractivity contribution in [3.8, 4) is 0 Å². The van der Waals surface area contributed by atoms with Crippen LogP contribution < -0.4 is 10.5 Å². The fraction of sp³-hybridized carbons (Fsp3) is 0.273. The van der Waals surface area contributed by atoms with Gasteiger partial charge in [-0.05, 0) is 31.0 Å². The highest BCUT2D eigenvalue weighted by molar-refractivity contribution is 7.91. The van der Waals surface area contributed by atoms with Crippen LogP contribution in [-0.4, -0.2) is 18.4 Å². The maximum absolute atomic E-state index is 12.1. The van der Waals surface area contributed by atoms with Crippen molar-refractivity contribution in [3.05, 3.63) is 35.3 Å². The minimum atomic E-state index is -3.59. The number of nitrogen functional groups attached to an aromatic ring is 1. The lowest BCUT2D eigenvalue weighted by atomic mass is 10.2. The molecule has 0 saturated carbocycles. The molecule has 0 aliphatic carbocycles. The summed E-state index contributed by atoms with van der Waals surface area (Å²) < 4.78 is 27.0. The van der Waals surface area contributed by atoms with Crippen molar-refractivity contribution in [2.75, 3.05) is 5.73 Å². The van der Waals surface area contributed by atoms with Crippen molar-refractivity contribution in [1.82, 2.24) is 14.7 Å². The minimum Gasteiger partial charge on any atom is -0.375 e. The highest BCUT2D eigenvalue weighted by Crippen LogP contribution is 2.24. The van der Waals surface area contributed by atoms with Crippen LogP contribution in [0, 0.1) is 13.8 Å². The number of aryl methyl sites for hydroxylation is 2. The van der Waals surface area contributed by atoms with E-state index in [4.69, 9.17) is 5.73 Å². The number of pyridine rings is 1. The SMILES string of the molecule is Cc1ccncc1CNS(=O)(=O)c1sc(N)nc1C. The van der Waals surface area contributed by atoms with Crippen LogP contribution in [0.1, 0.15) is 16.8 Å². The summed E-state index contributed by atoms with van der Waals surface area (Å²) in [6, 6.07) is 1.83. The number of anilines is 1. The van der Waals surface area contributed by atoms with E-state index in [1.54, 1.807) is 19.3 Å². The van der Waals surface area contributed by atoms with Gasteiger partial charge in [0.05, 0.1) is 5.69 Å². The first-order valence-electron chi connectivity index (χ1n) is 5.52. The van der Waals surface area contributed by atoms with Gasteiger partial charge in [-0.25, -0.2) is 18.1 Å². The van der Waals surface area contributed by atoms with E-state index in [1.165, 1.54) is 0 Å². The number of aromatic nitrogens is 2. The molecule has 0 saturated heterocycles. The lowest BCUT2D eigenvalue weighted by Crippen LogP contribution is -2.23. The molecule has 0 radical (unpaired) electrons. The molecule has 2 aromatic rings. The molecule has 0 aliphatic heterocycles. The normalized spacial score (nSPS) is 11.7. The summed E-state index contributed by atoms with van der Waals surface area (Å²) in [5.41, 5.74) is 7.75. The Bertz CT molecular complexity index is 694. The molecule has 0 aromatic carbocycles. The van der Waals surface area contributed by atoms with Gasteiger partial charge in [-0.15, -0.1) is 0 Å². The van der Waals surface area contributed by atoms with Crippen molar-refractivity contribution < 1.29 is 8.42 Å². The summed E-state index contributed by atoms with van der Waals surface area (Å²) in [4.78, 5) is 7.89. The molecule has 0 unspecified atom stereocenters. The zero-order chi connectivity index (χ0) is 14.0. The summed E-state index contributed by atoms with van der Waals surface area (Å²) in [6.45, 7) is 3.72. The van der Waals surface area contributed by atoms with Crippen LogP contribution in [-0.2, 0) is 16.6 Å². The van der Waals surface area contributed by atoms with Crippen LogP contribution in [0.2, 0.25) is 0 Å². The standard InChI is InChI=1S/C11H14N4O2S2/c1-7-3-4-13-5-9(7)6-14-19(16,17)10-8(2)15-11(12)18-10/h3-5,14H,6H2,1-2H3,(H2,12,15). The van der Waals surface area contributed by atoms with E-state index in [9.17, 15) is 8.42 Å². The average Bonchev–Trinajstić information content (AvgIpc) is 2.68. The van der Waals surface area contributed by atoms with E-state index >= 15 is 0 Å². The van der Waals surface area contributed by atoms with Gasteiger partial charge < -0.3 is 5.73 Å². The summed E-state index contributed by atoms with van der Waals surface area (Å²) in [5, 5.41) is 0.246. The van der Waals surface area contributed by atoms with Crippen molar-refractivity contribution >= 4 is 26.5 Å². The number of hydrogen-bond acceptors (Lipinski definition) is 6. The van der Waals surface area contributed by atoms with Gasteiger partial charge in [0, 0.05) is 18.9 Å². The van der Waals surface area contributed by atoms with Crippen molar-refractivity contribution in [2.45, 2.75) is 24.6 Å². The third-order valence-corrected chi connectivity index (χ3v) is 5.61. The molecule has 0 aliphatic rings. The first-order chi connectivity index (χ1) is 8.90. The summed E-state index contributed by atoms with van der Waals surface area (Å²) in [5.74, 6) is 0. The summed E-state index contributed by atoms with van der Waals surface area (Å²) in [6.07, 6.45) is 3.31. The second-order valence-electron chi connectivity index (χ2n) is 4.05. The van der Waals surface area contributed by atoms with E-state index in [0.29, 0.717) is 5.69 Å². The molecule has 102 valence electrons. The zero-order valence-electron chi connectivity index (χ0n) is 10.5. The largest absolute Gasteiger partial charge is 0.375 e. The fourth-order valence-corrected chi connectivity index (χ4v) is 3.92. The quantitative estimate of drug-likeness (QED) is 0.884.